The molecule has 2 unspecified atom stereocenters. The van der Waals surface area contributed by atoms with Crippen molar-refractivity contribution in [2.75, 3.05) is 0 Å². The number of aromatic nitrogens is 2. The van der Waals surface area contributed by atoms with Crippen LogP contribution in [0.4, 0.5) is 5.82 Å². The lowest BCUT2D eigenvalue weighted by molar-refractivity contribution is -0.391. The molecule has 2 rings (SSSR count). The molecule has 0 N–H and O–H groups in total. The topological polar surface area (TPSA) is 60.4 Å². The lowest BCUT2D eigenvalue weighted by Crippen LogP contribution is -2.10. The molecule has 0 aromatic carbocycles. The largest absolute Gasteiger partial charge is 0.358 e. The van der Waals surface area contributed by atoms with Crippen molar-refractivity contribution >= 4 is 38.0 Å². The van der Waals surface area contributed by atoms with E-state index in [1.165, 1.54) is 11.3 Å². The third-order valence-electron chi connectivity index (χ3n) is 2.78. The fourth-order valence-electron chi connectivity index (χ4n) is 1.96. The number of nitrogens with zero attached hydrogens (tertiary/aromatic N) is 3. The summed E-state index contributed by atoms with van der Waals surface area (Å²) in [5.74, 6) is 0.155. The van der Waals surface area contributed by atoms with Crippen LogP contribution in [0.2, 0.25) is 0 Å². The van der Waals surface area contributed by atoms with E-state index in [2.05, 4.69) is 20.9 Å². The highest BCUT2D eigenvalue weighted by Crippen LogP contribution is 2.35. The van der Waals surface area contributed by atoms with Gasteiger partial charge in [-0.1, -0.05) is 41.1 Å². The molecule has 0 radical (unpaired) electrons. The number of halogens is 1. The maximum atomic E-state index is 11.2. The Kier molecular flexibility index (Phi) is 3.48. The van der Waals surface area contributed by atoms with Crippen molar-refractivity contribution in [3.63, 3.8) is 0 Å². The SMILES string of the molecule is CCC(c1nc2sccn2c1[N+](=O)[O-])C(C)Br. The van der Waals surface area contributed by atoms with Crippen LogP contribution >= 0.6 is 27.3 Å². The van der Waals surface area contributed by atoms with E-state index in [9.17, 15) is 10.1 Å². The van der Waals surface area contributed by atoms with Gasteiger partial charge in [0.15, 0.2) is 0 Å². The predicted octanol–water partition coefficient (Wildman–Crippen LogP) is 3.58. The minimum absolute atomic E-state index is 0.0579. The molecule has 0 saturated heterocycles. The molecular weight excluding hydrogens is 306 g/mol. The van der Waals surface area contributed by atoms with Crippen LogP contribution in [0, 0.1) is 10.1 Å². The summed E-state index contributed by atoms with van der Waals surface area (Å²) in [7, 11) is 0. The van der Waals surface area contributed by atoms with Crippen LogP contribution in [0.25, 0.3) is 4.96 Å². The molecule has 7 heteroatoms. The zero-order valence-corrected chi connectivity index (χ0v) is 11.9. The van der Waals surface area contributed by atoms with Crippen molar-refractivity contribution in [3.05, 3.63) is 27.4 Å². The van der Waals surface area contributed by atoms with Crippen LogP contribution in [-0.2, 0) is 0 Å². The summed E-state index contributed by atoms with van der Waals surface area (Å²) in [4.78, 5) is 16.1. The number of thiazole rings is 1. The highest BCUT2D eigenvalue weighted by Gasteiger charge is 2.30. The first kappa shape index (κ1) is 12.5. The average molecular weight is 318 g/mol. The third kappa shape index (κ3) is 2.09. The molecule has 0 fully saturated rings. The summed E-state index contributed by atoms with van der Waals surface area (Å²) in [5.41, 5.74) is 0.578. The van der Waals surface area contributed by atoms with Gasteiger partial charge in [-0.15, -0.1) is 0 Å². The van der Waals surface area contributed by atoms with E-state index < -0.39 is 0 Å². The molecule has 0 aliphatic heterocycles. The Morgan fingerprint density at radius 1 is 1.71 bits per heavy atom. The van der Waals surface area contributed by atoms with Gasteiger partial charge in [-0.3, -0.25) is 0 Å². The van der Waals surface area contributed by atoms with Crippen LogP contribution in [0.1, 0.15) is 31.9 Å². The van der Waals surface area contributed by atoms with Gasteiger partial charge in [0, 0.05) is 16.1 Å². The van der Waals surface area contributed by atoms with Crippen LogP contribution in [0.15, 0.2) is 11.6 Å². The summed E-state index contributed by atoms with van der Waals surface area (Å²) in [5, 5.41) is 13.0. The van der Waals surface area contributed by atoms with Gasteiger partial charge in [0.2, 0.25) is 0 Å². The van der Waals surface area contributed by atoms with Crippen LogP contribution in [-0.4, -0.2) is 19.1 Å². The van der Waals surface area contributed by atoms with E-state index in [-0.39, 0.29) is 21.5 Å². The summed E-state index contributed by atoms with van der Waals surface area (Å²) < 4.78 is 1.55. The second-order valence-corrected chi connectivity index (χ2v) is 6.14. The summed E-state index contributed by atoms with van der Waals surface area (Å²) in [6.45, 7) is 4.00. The van der Waals surface area contributed by atoms with Crippen molar-refractivity contribution in [1.29, 1.82) is 0 Å². The fraction of sp³-hybridized carbons (Fsp3) is 0.500. The van der Waals surface area contributed by atoms with Crippen molar-refractivity contribution in [2.45, 2.75) is 31.0 Å². The van der Waals surface area contributed by atoms with Crippen molar-refractivity contribution in [1.82, 2.24) is 9.38 Å². The van der Waals surface area contributed by atoms with Gasteiger partial charge in [-0.25, -0.2) is 0 Å². The monoisotopic (exact) mass is 317 g/mol. The summed E-state index contributed by atoms with van der Waals surface area (Å²) >= 11 is 4.91. The molecule has 0 aliphatic carbocycles. The lowest BCUT2D eigenvalue weighted by atomic mass is 9.99. The second kappa shape index (κ2) is 4.73. The molecule has 2 aromatic rings. The summed E-state index contributed by atoms with van der Waals surface area (Å²) in [6.07, 6.45) is 2.51. The van der Waals surface area contributed by atoms with Crippen LogP contribution in [0.5, 0.6) is 0 Å². The van der Waals surface area contributed by atoms with Crippen LogP contribution in [0.3, 0.4) is 0 Å². The molecule has 2 heterocycles. The zero-order chi connectivity index (χ0) is 12.6. The minimum Gasteiger partial charge on any atom is -0.358 e. The quantitative estimate of drug-likeness (QED) is 0.492. The first-order valence-electron chi connectivity index (χ1n) is 5.30. The minimum atomic E-state index is -0.347. The van der Waals surface area contributed by atoms with E-state index >= 15 is 0 Å². The number of alkyl halides is 1. The normalized spacial score (nSPS) is 15.0. The summed E-state index contributed by atoms with van der Waals surface area (Å²) in [6, 6.07) is 0. The Morgan fingerprint density at radius 2 is 2.41 bits per heavy atom. The van der Waals surface area contributed by atoms with Gasteiger partial charge in [0.25, 0.3) is 4.96 Å². The number of hydrogen-bond acceptors (Lipinski definition) is 4. The molecule has 2 atom stereocenters. The molecule has 0 amide bonds. The highest BCUT2D eigenvalue weighted by atomic mass is 79.9. The molecule has 2 aromatic heterocycles. The van der Waals surface area contributed by atoms with E-state index in [0.29, 0.717) is 10.7 Å². The smallest absolute Gasteiger partial charge is 0.352 e. The molecule has 17 heavy (non-hydrogen) atoms. The Balaban J connectivity index is 2.63. The molecule has 0 saturated carbocycles. The zero-order valence-electron chi connectivity index (χ0n) is 9.46. The number of hydrogen-bond donors (Lipinski definition) is 0. The van der Waals surface area contributed by atoms with E-state index in [4.69, 9.17) is 0 Å². The van der Waals surface area contributed by atoms with E-state index in [1.54, 1.807) is 16.0 Å². The average Bonchev–Trinajstić information content (AvgIpc) is 2.76. The highest BCUT2D eigenvalue weighted by molar-refractivity contribution is 9.09. The van der Waals surface area contributed by atoms with Gasteiger partial charge in [-0.2, -0.15) is 9.38 Å². The van der Waals surface area contributed by atoms with Gasteiger partial charge < -0.3 is 10.1 Å². The van der Waals surface area contributed by atoms with Gasteiger partial charge in [0.05, 0.1) is 0 Å². The number of fused-ring (bicyclic) bond motifs is 1. The van der Waals surface area contributed by atoms with Gasteiger partial charge in [0.1, 0.15) is 11.9 Å². The number of nitro groups is 1. The fourth-order valence-corrected chi connectivity index (χ4v) is 3.30. The van der Waals surface area contributed by atoms with Gasteiger partial charge in [-0.05, 0) is 11.3 Å². The second-order valence-electron chi connectivity index (χ2n) is 3.83. The molecular formula is C10H12BrN3O2S. The Hall–Kier alpha value is -0.950. The van der Waals surface area contributed by atoms with Crippen molar-refractivity contribution in [3.8, 4) is 0 Å². The Morgan fingerprint density at radius 3 is 2.94 bits per heavy atom. The number of rotatable bonds is 4. The molecule has 92 valence electrons. The maximum Gasteiger partial charge on any atom is 0.352 e. The van der Waals surface area contributed by atoms with Crippen LogP contribution < -0.4 is 0 Å². The Labute approximate surface area is 111 Å². The lowest BCUT2D eigenvalue weighted by Gasteiger charge is -2.14. The van der Waals surface area contributed by atoms with Crippen molar-refractivity contribution < 1.29 is 4.92 Å². The van der Waals surface area contributed by atoms with Gasteiger partial charge >= 0.3 is 5.82 Å². The molecule has 0 bridgehead atoms. The predicted molar refractivity (Wildman–Crippen MR) is 71.1 cm³/mol. The Bertz CT molecular complexity index is 549. The van der Waals surface area contributed by atoms with E-state index in [0.717, 1.165) is 6.42 Å². The first-order chi connectivity index (χ1) is 8.06. The maximum absolute atomic E-state index is 11.2. The molecule has 5 nitrogen and oxygen atoms in total. The standard InChI is InChI=1S/C10H12BrN3O2S/c1-3-7(6(2)11)8-9(14(15)16)13-4-5-17-10(13)12-8/h4-7H,3H2,1-2H3. The van der Waals surface area contributed by atoms with E-state index in [1.807, 2.05) is 13.8 Å². The van der Waals surface area contributed by atoms with Crippen molar-refractivity contribution in [2.24, 2.45) is 0 Å². The third-order valence-corrected chi connectivity index (χ3v) is 4.18. The number of imidazole rings is 1. The first-order valence-corrected chi connectivity index (χ1v) is 7.09. The molecule has 0 spiro atoms. The molecule has 0 aliphatic rings.